The molecule has 0 aliphatic heterocycles. The lowest BCUT2D eigenvalue weighted by molar-refractivity contribution is -0.703. The molecule has 1 aromatic rings. The van der Waals surface area contributed by atoms with Crippen LogP contribution in [-0.2, 0) is 6.54 Å². The lowest BCUT2D eigenvalue weighted by Crippen LogP contribution is -2.38. The summed E-state index contributed by atoms with van der Waals surface area (Å²) in [7, 11) is 0. The normalized spacial score (nSPS) is 12.5. The van der Waals surface area contributed by atoms with Gasteiger partial charge in [-0.2, -0.15) is 0 Å². The van der Waals surface area contributed by atoms with Gasteiger partial charge in [-0.25, -0.2) is 4.57 Å². The zero-order valence-corrected chi connectivity index (χ0v) is 7.98. The molecule has 0 amide bonds. The van der Waals surface area contributed by atoms with E-state index < -0.39 is 0 Å². The van der Waals surface area contributed by atoms with Crippen LogP contribution in [0.5, 0.6) is 0 Å². The third-order valence-electron chi connectivity index (χ3n) is 2.05. The summed E-state index contributed by atoms with van der Waals surface area (Å²) in [6, 6.07) is 3.96. The first-order chi connectivity index (χ1) is 6.26. The average molecular weight is 178 g/mol. The van der Waals surface area contributed by atoms with Crippen molar-refractivity contribution in [3.63, 3.8) is 0 Å². The minimum atomic E-state index is -0.250. The fourth-order valence-corrected chi connectivity index (χ4v) is 1.10. The van der Waals surface area contributed by atoms with E-state index in [9.17, 15) is 5.11 Å². The molecule has 2 nitrogen and oxygen atoms in total. The van der Waals surface area contributed by atoms with Crippen LogP contribution in [0.2, 0.25) is 0 Å². The second-order valence-corrected chi connectivity index (χ2v) is 3.09. The van der Waals surface area contributed by atoms with Crippen LogP contribution in [0.15, 0.2) is 31.1 Å². The van der Waals surface area contributed by atoms with Gasteiger partial charge in [0.05, 0.1) is 0 Å². The van der Waals surface area contributed by atoms with E-state index in [1.165, 1.54) is 0 Å². The monoisotopic (exact) mass is 178 g/mol. The summed E-state index contributed by atoms with van der Waals surface area (Å²) in [5, 5.41) is 9.40. The summed E-state index contributed by atoms with van der Waals surface area (Å²) in [6.45, 7) is 6.32. The fraction of sp³-hybridized carbons (Fsp3) is 0.364. The van der Waals surface area contributed by atoms with Crippen molar-refractivity contribution in [2.75, 3.05) is 0 Å². The molecule has 1 aromatic heterocycles. The Morgan fingerprint density at radius 3 is 2.62 bits per heavy atom. The molecule has 2 heteroatoms. The predicted molar refractivity (Wildman–Crippen MR) is 53.0 cm³/mol. The summed E-state index contributed by atoms with van der Waals surface area (Å²) in [5.41, 5.74) is 1.10. The van der Waals surface area contributed by atoms with Gasteiger partial charge in [0.1, 0.15) is 6.10 Å². The molecular formula is C11H16NO+. The van der Waals surface area contributed by atoms with Crippen molar-refractivity contribution in [2.45, 2.75) is 26.0 Å². The molecule has 0 aliphatic carbocycles. The molecule has 0 radical (unpaired) electrons. The van der Waals surface area contributed by atoms with Crippen LogP contribution in [0.25, 0.3) is 6.08 Å². The molecule has 0 spiro atoms. The molecule has 70 valence electrons. The largest absolute Gasteiger partial charge is 0.387 e. The minimum Gasteiger partial charge on any atom is -0.387 e. The fourth-order valence-electron chi connectivity index (χ4n) is 1.10. The average Bonchev–Trinajstić information content (AvgIpc) is 2.19. The quantitative estimate of drug-likeness (QED) is 0.692. The van der Waals surface area contributed by atoms with E-state index in [4.69, 9.17) is 0 Å². The van der Waals surface area contributed by atoms with E-state index in [0.29, 0.717) is 6.54 Å². The Morgan fingerprint density at radius 2 is 2.15 bits per heavy atom. The summed E-state index contributed by atoms with van der Waals surface area (Å²) in [6.07, 6.45) is 6.25. The highest BCUT2D eigenvalue weighted by atomic mass is 16.3. The maximum absolute atomic E-state index is 9.40. The van der Waals surface area contributed by atoms with Crippen LogP contribution in [0, 0.1) is 0 Å². The highest BCUT2D eigenvalue weighted by Crippen LogP contribution is 1.96. The van der Waals surface area contributed by atoms with Crippen molar-refractivity contribution in [1.29, 1.82) is 0 Å². The lowest BCUT2D eigenvalue weighted by atomic mass is 10.2. The van der Waals surface area contributed by atoms with Crippen LogP contribution in [-0.4, -0.2) is 11.2 Å². The molecule has 1 unspecified atom stereocenters. The van der Waals surface area contributed by atoms with Crippen LogP contribution in [0.4, 0.5) is 0 Å². The van der Waals surface area contributed by atoms with Gasteiger partial charge in [0.2, 0.25) is 0 Å². The van der Waals surface area contributed by atoms with E-state index in [2.05, 4.69) is 6.58 Å². The first-order valence-electron chi connectivity index (χ1n) is 4.56. The van der Waals surface area contributed by atoms with Gasteiger partial charge in [-0.05, 0) is 12.0 Å². The molecule has 1 rings (SSSR count). The summed E-state index contributed by atoms with van der Waals surface area (Å²) in [5.74, 6) is 0. The number of hydrogen-bond acceptors (Lipinski definition) is 1. The Kier molecular flexibility index (Phi) is 3.65. The first kappa shape index (κ1) is 9.93. The predicted octanol–water partition coefficient (Wildman–Crippen LogP) is 1.39. The van der Waals surface area contributed by atoms with E-state index in [1.807, 2.05) is 36.0 Å². The Morgan fingerprint density at radius 1 is 1.54 bits per heavy atom. The van der Waals surface area contributed by atoms with E-state index in [0.717, 1.165) is 12.0 Å². The van der Waals surface area contributed by atoms with Gasteiger partial charge in [0.25, 0.3) is 0 Å². The van der Waals surface area contributed by atoms with Gasteiger partial charge in [0, 0.05) is 12.1 Å². The Labute approximate surface area is 79.2 Å². The van der Waals surface area contributed by atoms with Gasteiger partial charge in [-0.3, -0.25) is 0 Å². The van der Waals surface area contributed by atoms with Gasteiger partial charge < -0.3 is 5.11 Å². The number of rotatable bonds is 4. The zero-order valence-electron chi connectivity index (χ0n) is 7.98. The van der Waals surface area contributed by atoms with E-state index in [1.54, 1.807) is 6.08 Å². The molecule has 1 N–H and O–H groups in total. The topological polar surface area (TPSA) is 24.1 Å². The molecule has 13 heavy (non-hydrogen) atoms. The standard InChI is InChI=1S/C11H16NO/c1-3-10-5-7-12(8-6-10)9-11(13)4-2/h3,5-8,11,13H,1,4,9H2,2H3/q+1. The van der Waals surface area contributed by atoms with Crippen molar-refractivity contribution >= 4 is 6.08 Å². The smallest absolute Gasteiger partial charge is 0.174 e. The molecule has 1 atom stereocenters. The maximum atomic E-state index is 9.40. The highest BCUT2D eigenvalue weighted by Gasteiger charge is 2.07. The Balaban J connectivity index is 2.63. The molecule has 1 heterocycles. The van der Waals surface area contributed by atoms with Crippen LogP contribution >= 0.6 is 0 Å². The maximum Gasteiger partial charge on any atom is 0.174 e. The zero-order chi connectivity index (χ0) is 9.68. The van der Waals surface area contributed by atoms with Crippen LogP contribution in [0.1, 0.15) is 18.9 Å². The van der Waals surface area contributed by atoms with Crippen molar-refractivity contribution in [1.82, 2.24) is 0 Å². The highest BCUT2D eigenvalue weighted by molar-refractivity contribution is 5.44. The van der Waals surface area contributed by atoms with Crippen molar-refractivity contribution in [3.05, 3.63) is 36.7 Å². The minimum absolute atomic E-state index is 0.250. The molecule has 0 aliphatic rings. The third kappa shape index (κ3) is 2.99. The van der Waals surface area contributed by atoms with Gasteiger partial charge in [-0.15, -0.1) is 0 Å². The second-order valence-electron chi connectivity index (χ2n) is 3.09. The van der Waals surface area contributed by atoms with E-state index >= 15 is 0 Å². The summed E-state index contributed by atoms with van der Waals surface area (Å²) in [4.78, 5) is 0. The molecule has 0 saturated carbocycles. The number of aliphatic hydroxyl groups excluding tert-OH is 1. The number of aliphatic hydroxyl groups is 1. The number of aromatic nitrogens is 1. The van der Waals surface area contributed by atoms with Crippen molar-refractivity contribution < 1.29 is 9.67 Å². The Hall–Kier alpha value is -1.15. The third-order valence-corrected chi connectivity index (χ3v) is 2.05. The summed E-state index contributed by atoms with van der Waals surface area (Å²) >= 11 is 0. The van der Waals surface area contributed by atoms with Gasteiger partial charge >= 0.3 is 0 Å². The molecule has 0 bridgehead atoms. The molecule has 0 fully saturated rings. The van der Waals surface area contributed by atoms with Crippen molar-refractivity contribution in [3.8, 4) is 0 Å². The SMILES string of the molecule is C=Cc1cc[n+](CC(O)CC)cc1. The van der Waals surface area contributed by atoms with Crippen LogP contribution < -0.4 is 4.57 Å². The molecule has 0 aromatic carbocycles. The van der Waals surface area contributed by atoms with Gasteiger partial charge in [-0.1, -0.05) is 19.6 Å². The number of nitrogens with zero attached hydrogens (tertiary/aromatic N) is 1. The lowest BCUT2D eigenvalue weighted by Gasteiger charge is -2.02. The number of pyridine rings is 1. The first-order valence-corrected chi connectivity index (χ1v) is 4.56. The number of hydrogen-bond donors (Lipinski definition) is 1. The summed E-state index contributed by atoms with van der Waals surface area (Å²) < 4.78 is 1.97. The van der Waals surface area contributed by atoms with Gasteiger partial charge in [0.15, 0.2) is 18.9 Å². The Bertz CT molecular complexity index is 266. The molecular weight excluding hydrogens is 162 g/mol. The van der Waals surface area contributed by atoms with Crippen molar-refractivity contribution in [2.24, 2.45) is 0 Å². The second kappa shape index (κ2) is 4.77. The van der Waals surface area contributed by atoms with E-state index in [-0.39, 0.29) is 6.10 Å². The van der Waals surface area contributed by atoms with Crippen LogP contribution in [0.3, 0.4) is 0 Å². The molecule has 0 saturated heterocycles.